The highest BCUT2D eigenvalue weighted by atomic mass is 16.2. The van der Waals surface area contributed by atoms with E-state index in [1.54, 1.807) is 10.9 Å². The van der Waals surface area contributed by atoms with Crippen LogP contribution in [0.2, 0.25) is 0 Å². The number of nitrogens with one attached hydrogen (secondary N) is 1. The number of carbonyl (C=O) groups excluding carboxylic acids is 1. The lowest BCUT2D eigenvalue weighted by atomic mass is 10.3. The van der Waals surface area contributed by atoms with Crippen LogP contribution >= 0.6 is 0 Å². The highest BCUT2D eigenvalue weighted by molar-refractivity contribution is 5.92. The van der Waals surface area contributed by atoms with Crippen LogP contribution < -0.4 is 11.1 Å². The first-order chi connectivity index (χ1) is 9.19. The molecule has 1 aromatic rings. The molecule has 1 atom stereocenters. The number of amides is 1. The standard InChI is InChI=1S/C12H22N6O/c1-10(8-17-5-2-3-6-17)14-12(19)11-9-18(7-4-13)16-15-11/h9-10H,2-8,13H2,1H3,(H,14,19). The molecule has 1 fully saturated rings. The molecule has 2 heterocycles. The zero-order valence-corrected chi connectivity index (χ0v) is 11.4. The molecule has 2 rings (SSSR count). The smallest absolute Gasteiger partial charge is 0.273 e. The quantitative estimate of drug-likeness (QED) is 0.721. The summed E-state index contributed by atoms with van der Waals surface area (Å²) >= 11 is 0. The summed E-state index contributed by atoms with van der Waals surface area (Å²) in [5, 5.41) is 10.7. The Morgan fingerprint density at radius 2 is 2.26 bits per heavy atom. The summed E-state index contributed by atoms with van der Waals surface area (Å²) in [5.41, 5.74) is 5.77. The third kappa shape index (κ3) is 4.00. The molecule has 0 aliphatic carbocycles. The second-order valence-electron chi connectivity index (χ2n) is 5.04. The van der Waals surface area contributed by atoms with E-state index < -0.39 is 0 Å². The molecule has 7 nitrogen and oxygen atoms in total. The summed E-state index contributed by atoms with van der Waals surface area (Å²) in [4.78, 5) is 14.3. The Morgan fingerprint density at radius 3 is 2.95 bits per heavy atom. The van der Waals surface area contributed by atoms with Gasteiger partial charge in [-0.2, -0.15) is 0 Å². The van der Waals surface area contributed by atoms with E-state index in [-0.39, 0.29) is 11.9 Å². The van der Waals surface area contributed by atoms with Crippen LogP contribution in [0.4, 0.5) is 0 Å². The van der Waals surface area contributed by atoms with E-state index >= 15 is 0 Å². The number of hydrogen-bond acceptors (Lipinski definition) is 5. The van der Waals surface area contributed by atoms with Crippen molar-refractivity contribution in [2.75, 3.05) is 26.2 Å². The lowest BCUT2D eigenvalue weighted by molar-refractivity contribution is 0.0926. The van der Waals surface area contributed by atoms with Gasteiger partial charge in [0.15, 0.2) is 5.69 Å². The van der Waals surface area contributed by atoms with E-state index in [0.29, 0.717) is 18.8 Å². The molecule has 1 unspecified atom stereocenters. The van der Waals surface area contributed by atoms with Gasteiger partial charge in [-0.25, -0.2) is 0 Å². The largest absolute Gasteiger partial charge is 0.347 e. The highest BCUT2D eigenvalue weighted by Crippen LogP contribution is 2.07. The Labute approximate surface area is 113 Å². The summed E-state index contributed by atoms with van der Waals surface area (Å²) in [6, 6.07) is 0.116. The van der Waals surface area contributed by atoms with Crippen LogP contribution in [0, 0.1) is 0 Å². The van der Waals surface area contributed by atoms with Crippen LogP contribution in [0.1, 0.15) is 30.3 Å². The zero-order chi connectivity index (χ0) is 13.7. The van der Waals surface area contributed by atoms with Crippen molar-refractivity contribution in [1.82, 2.24) is 25.2 Å². The van der Waals surface area contributed by atoms with E-state index in [9.17, 15) is 4.79 Å². The first kappa shape index (κ1) is 14.0. The fourth-order valence-corrected chi connectivity index (χ4v) is 2.34. The van der Waals surface area contributed by atoms with Crippen LogP contribution in [0.5, 0.6) is 0 Å². The second kappa shape index (κ2) is 6.63. The summed E-state index contributed by atoms with van der Waals surface area (Å²) in [6.07, 6.45) is 4.15. The summed E-state index contributed by atoms with van der Waals surface area (Å²) in [5.74, 6) is -0.171. The first-order valence-corrected chi connectivity index (χ1v) is 6.82. The maximum absolute atomic E-state index is 12.0. The molecule has 0 radical (unpaired) electrons. The number of nitrogens with two attached hydrogens (primary N) is 1. The van der Waals surface area contributed by atoms with Gasteiger partial charge >= 0.3 is 0 Å². The number of nitrogens with zero attached hydrogens (tertiary/aromatic N) is 4. The molecular weight excluding hydrogens is 244 g/mol. The van der Waals surface area contributed by atoms with Crippen molar-refractivity contribution in [1.29, 1.82) is 0 Å². The predicted molar refractivity (Wildman–Crippen MR) is 71.7 cm³/mol. The fourth-order valence-electron chi connectivity index (χ4n) is 2.34. The molecule has 0 aromatic carbocycles. The van der Waals surface area contributed by atoms with Gasteiger partial charge in [0.2, 0.25) is 0 Å². The zero-order valence-electron chi connectivity index (χ0n) is 11.4. The normalized spacial score (nSPS) is 17.6. The monoisotopic (exact) mass is 266 g/mol. The van der Waals surface area contributed by atoms with E-state index in [1.807, 2.05) is 6.92 Å². The van der Waals surface area contributed by atoms with Gasteiger partial charge in [-0.15, -0.1) is 5.10 Å². The highest BCUT2D eigenvalue weighted by Gasteiger charge is 2.17. The molecule has 1 aliphatic heterocycles. The number of aromatic nitrogens is 3. The Balaban J connectivity index is 1.81. The second-order valence-corrected chi connectivity index (χ2v) is 5.04. The average Bonchev–Trinajstić information content (AvgIpc) is 3.00. The van der Waals surface area contributed by atoms with Gasteiger partial charge in [0.1, 0.15) is 0 Å². The molecule has 1 saturated heterocycles. The molecule has 0 bridgehead atoms. The van der Waals surface area contributed by atoms with Crippen LogP contribution in [-0.4, -0.2) is 58.0 Å². The van der Waals surface area contributed by atoms with Gasteiger partial charge < -0.3 is 16.0 Å². The molecule has 106 valence electrons. The van der Waals surface area contributed by atoms with E-state index in [4.69, 9.17) is 5.73 Å². The average molecular weight is 266 g/mol. The third-order valence-electron chi connectivity index (χ3n) is 3.24. The van der Waals surface area contributed by atoms with Crippen molar-refractivity contribution in [2.24, 2.45) is 5.73 Å². The summed E-state index contributed by atoms with van der Waals surface area (Å²) in [6.45, 7) is 6.22. The molecule has 0 spiro atoms. The Hall–Kier alpha value is -1.47. The molecule has 1 aliphatic rings. The van der Waals surface area contributed by atoms with Gasteiger partial charge in [-0.05, 0) is 32.9 Å². The van der Waals surface area contributed by atoms with Crippen molar-refractivity contribution in [3.05, 3.63) is 11.9 Å². The van der Waals surface area contributed by atoms with Crippen LogP contribution in [0.15, 0.2) is 6.20 Å². The Morgan fingerprint density at radius 1 is 1.53 bits per heavy atom. The molecule has 7 heteroatoms. The minimum Gasteiger partial charge on any atom is -0.347 e. The van der Waals surface area contributed by atoms with Crippen LogP contribution in [0.3, 0.4) is 0 Å². The number of likely N-dealkylation sites (tertiary alicyclic amines) is 1. The van der Waals surface area contributed by atoms with Gasteiger partial charge in [0, 0.05) is 19.1 Å². The Bertz CT molecular complexity index is 412. The predicted octanol–water partition coefficient (Wildman–Crippen LogP) is -0.549. The van der Waals surface area contributed by atoms with E-state index in [0.717, 1.165) is 19.6 Å². The topological polar surface area (TPSA) is 89.1 Å². The third-order valence-corrected chi connectivity index (χ3v) is 3.24. The maximum Gasteiger partial charge on any atom is 0.273 e. The number of hydrogen-bond donors (Lipinski definition) is 2. The van der Waals surface area contributed by atoms with Gasteiger partial charge in [-0.3, -0.25) is 9.48 Å². The minimum absolute atomic E-state index is 0.116. The van der Waals surface area contributed by atoms with Crippen molar-refractivity contribution in [3.63, 3.8) is 0 Å². The lowest BCUT2D eigenvalue weighted by Crippen LogP contribution is -2.41. The SMILES string of the molecule is CC(CN1CCCC1)NC(=O)c1cn(CCN)nn1. The van der Waals surface area contributed by atoms with Crippen LogP contribution in [0.25, 0.3) is 0 Å². The summed E-state index contributed by atoms with van der Waals surface area (Å²) in [7, 11) is 0. The Kier molecular flexibility index (Phi) is 4.86. The van der Waals surface area contributed by atoms with Crippen molar-refractivity contribution >= 4 is 5.91 Å². The van der Waals surface area contributed by atoms with Gasteiger partial charge in [-0.1, -0.05) is 5.21 Å². The summed E-state index contributed by atoms with van der Waals surface area (Å²) < 4.78 is 1.58. The fraction of sp³-hybridized carbons (Fsp3) is 0.750. The van der Waals surface area contributed by atoms with Gasteiger partial charge in [0.05, 0.1) is 12.7 Å². The van der Waals surface area contributed by atoms with Crippen molar-refractivity contribution in [2.45, 2.75) is 32.4 Å². The first-order valence-electron chi connectivity index (χ1n) is 6.82. The molecule has 0 saturated carbocycles. The van der Waals surface area contributed by atoms with Crippen molar-refractivity contribution in [3.8, 4) is 0 Å². The lowest BCUT2D eigenvalue weighted by Gasteiger charge is -2.20. The van der Waals surface area contributed by atoms with Gasteiger partial charge in [0.25, 0.3) is 5.91 Å². The molecule has 19 heavy (non-hydrogen) atoms. The number of rotatable bonds is 6. The molecular formula is C12H22N6O. The van der Waals surface area contributed by atoms with E-state index in [2.05, 4.69) is 20.5 Å². The minimum atomic E-state index is -0.171. The molecule has 1 aromatic heterocycles. The molecule has 3 N–H and O–H groups in total. The molecule has 1 amide bonds. The van der Waals surface area contributed by atoms with Crippen molar-refractivity contribution < 1.29 is 4.79 Å². The van der Waals surface area contributed by atoms with Crippen LogP contribution in [-0.2, 0) is 6.54 Å². The maximum atomic E-state index is 12.0. The number of carbonyl (C=O) groups is 1. The van der Waals surface area contributed by atoms with E-state index in [1.165, 1.54) is 12.8 Å².